The first kappa shape index (κ1) is 10.7. The second-order valence-electron chi connectivity index (χ2n) is 2.83. The summed E-state index contributed by atoms with van der Waals surface area (Å²) in [5.74, 6) is -0.256. The number of aryl methyl sites for hydroxylation is 1. The number of carbonyl (C=O) groups excluding carboxylic acids is 1. The molecule has 0 aliphatic heterocycles. The van der Waals surface area contributed by atoms with Crippen LogP contribution in [0.4, 0.5) is 0 Å². The molecule has 0 fully saturated rings. The minimum absolute atomic E-state index is 0.256. The number of nitriles is 1. The molecule has 0 heterocycles. The minimum atomic E-state index is -0.642. The van der Waals surface area contributed by atoms with Gasteiger partial charge in [-0.15, -0.1) is 0 Å². The van der Waals surface area contributed by atoms with E-state index in [9.17, 15) is 4.79 Å². The molecule has 1 aromatic carbocycles. The van der Waals surface area contributed by atoms with E-state index in [-0.39, 0.29) is 5.91 Å². The Hall–Kier alpha value is -1.34. The zero-order valence-corrected chi connectivity index (χ0v) is 9.21. The van der Waals surface area contributed by atoms with Gasteiger partial charge in [-0.25, -0.2) is 0 Å². The predicted molar refractivity (Wildman–Crippen MR) is 57.0 cm³/mol. The van der Waals surface area contributed by atoms with Crippen LogP contribution >= 0.6 is 15.9 Å². The maximum Gasteiger partial charge on any atom is 0.252 e. The van der Waals surface area contributed by atoms with Gasteiger partial charge in [0.05, 0.1) is 6.07 Å². The summed E-state index contributed by atoms with van der Waals surface area (Å²) >= 11 is 3.00. The lowest BCUT2D eigenvalue weighted by Gasteiger charge is -2.04. The van der Waals surface area contributed by atoms with Gasteiger partial charge in [-0.05, 0) is 35.0 Å². The number of alkyl halides is 1. The molecule has 0 bridgehead atoms. The largest absolute Gasteiger partial charge is 0.327 e. The molecule has 0 saturated heterocycles. The number of nitrogens with one attached hydrogen (secondary N) is 1. The normalized spacial score (nSPS) is 11.5. The lowest BCUT2D eigenvalue weighted by atomic mass is 10.1. The van der Waals surface area contributed by atoms with Crippen molar-refractivity contribution >= 4 is 21.8 Å². The molecule has 0 aliphatic rings. The Labute approximate surface area is 90.9 Å². The van der Waals surface area contributed by atoms with Gasteiger partial charge >= 0.3 is 0 Å². The molecule has 1 unspecified atom stereocenters. The van der Waals surface area contributed by atoms with Crippen molar-refractivity contribution in [3.05, 3.63) is 35.4 Å². The Kier molecular flexibility index (Phi) is 3.66. The van der Waals surface area contributed by atoms with Crippen LogP contribution in [0.3, 0.4) is 0 Å². The summed E-state index contributed by atoms with van der Waals surface area (Å²) in [6.07, 6.45) is 0. The summed E-state index contributed by atoms with van der Waals surface area (Å²) in [5.41, 5.74) is 1.65. The lowest BCUT2D eigenvalue weighted by molar-refractivity contribution is 0.0956. The van der Waals surface area contributed by atoms with Crippen LogP contribution in [0.15, 0.2) is 24.3 Å². The van der Waals surface area contributed by atoms with Gasteiger partial charge in [0, 0.05) is 5.56 Å². The Morgan fingerprint density at radius 3 is 2.57 bits per heavy atom. The van der Waals surface area contributed by atoms with Crippen molar-refractivity contribution < 1.29 is 4.79 Å². The van der Waals surface area contributed by atoms with Crippen LogP contribution in [-0.4, -0.2) is 10.9 Å². The van der Waals surface area contributed by atoms with Gasteiger partial charge in [0.25, 0.3) is 5.91 Å². The van der Waals surface area contributed by atoms with E-state index >= 15 is 0 Å². The molecule has 72 valence electrons. The highest BCUT2D eigenvalue weighted by atomic mass is 79.9. The lowest BCUT2D eigenvalue weighted by Crippen LogP contribution is -2.29. The van der Waals surface area contributed by atoms with Crippen LogP contribution in [0.25, 0.3) is 0 Å². The van der Waals surface area contributed by atoms with Crippen LogP contribution < -0.4 is 5.32 Å². The first-order valence-corrected chi connectivity index (χ1v) is 4.96. The quantitative estimate of drug-likeness (QED) is 0.647. The summed E-state index contributed by atoms with van der Waals surface area (Å²) in [6, 6.07) is 9.01. The third-order valence-corrected chi connectivity index (χ3v) is 2.12. The number of hydrogen-bond acceptors (Lipinski definition) is 2. The van der Waals surface area contributed by atoms with Gasteiger partial charge in [-0.3, -0.25) is 4.79 Å². The number of nitrogens with zero attached hydrogens (tertiary/aromatic N) is 1. The molecule has 0 aliphatic carbocycles. The Morgan fingerprint density at radius 1 is 1.50 bits per heavy atom. The zero-order valence-electron chi connectivity index (χ0n) is 7.62. The van der Waals surface area contributed by atoms with Crippen molar-refractivity contribution in [3.8, 4) is 6.07 Å². The van der Waals surface area contributed by atoms with E-state index in [2.05, 4.69) is 21.2 Å². The first-order valence-electron chi connectivity index (χ1n) is 4.04. The van der Waals surface area contributed by atoms with Gasteiger partial charge in [0.15, 0.2) is 4.95 Å². The average molecular weight is 253 g/mol. The summed E-state index contributed by atoms with van der Waals surface area (Å²) < 4.78 is 0. The van der Waals surface area contributed by atoms with Gasteiger partial charge < -0.3 is 5.32 Å². The monoisotopic (exact) mass is 252 g/mol. The zero-order chi connectivity index (χ0) is 10.6. The second-order valence-corrected chi connectivity index (χ2v) is 3.75. The van der Waals surface area contributed by atoms with E-state index in [1.54, 1.807) is 12.1 Å². The highest BCUT2D eigenvalue weighted by Gasteiger charge is 2.08. The van der Waals surface area contributed by atoms with Gasteiger partial charge in [0.2, 0.25) is 0 Å². The van der Waals surface area contributed by atoms with Crippen LogP contribution in [0.2, 0.25) is 0 Å². The summed E-state index contributed by atoms with van der Waals surface area (Å²) in [4.78, 5) is 10.8. The Balaban J connectivity index is 2.71. The molecule has 0 aromatic heterocycles. The minimum Gasteiger partial charge on any atom is -0.327 e. The van der Waals surface area contributed by atoms with Crippen molar-refractivity contribution in [2.24, 2.45) is 0 Å². The number of benzene rings is 1. The van der Waals surface area contributed by atoms with Crippen molar-refractivity contribution in [3.63, 3.8) is 0 Å². The molecule has 1 atom stereocenters. The molecule has 0 radical (unpaired) electrons. The topological polar surface area (TPSA) is 52.9 Å². The van der Waals surface area contributed by atoms with E-state index < -0.39 is 4.95 Å². The van der Waals surface area contributed by atoms with Crippen molar-refractivity contribution in [2.75, 3.05) is 0 Å². The SMILES string of the molecule is Cc1ccc(C(=O)NC(Br)C#N)cc1. The van der Waals surface area contributed by atoms with Gasteiger partial charge in [-0.2, -0.15) is 5.26 Å². The smallest absolute Gasteiger partial charge is 0.252 e. The predicted octanol–water partition coefficient (Wildman–Crippen LogP) is 1.97. The average Bonchev–Trinajstić information content (AvgIpc) is 2.18. The molecular formula is C10H9BrN2O. The highest BCUT2D eigenvalue weighted by molar-refractivity contribution is 9.09. The van der Waals surface area contributed by atoms with E-state index in [0.29, 0.717) is 5.56 Å². The molecule has 0 spiro atoms. The molecule has 4 heteroatoms. The van der Waals surface area contributed by atoms with E-state index in [0.717, 1.165) is 5.56 Å². The van der Waals surface area contributed by atoms with Crippen molar-refractivity contribution in [1.82, 2.24) is 5.32 Å². The second kappa shape index (κ2) is 4.77. The number of halogens is 1. The third-order valence-electron chi connectivity index (χ3n) is 1.68. The Bertz CT molecular complexity index is 367. The van der Waals surface area contributed by atoms with E-state index in [4.69, 9.17) is 5.26 Å². The van der Waals surface area contributed by atoms with Crippen LogP contribution in [0.5, 0.6) is 0 Å². The summed E-state index contributed by atoms with van der Waals surface area (Å²) in [5, 5.41) is 10.9. The first-order chi connectivity index (χ1) is 6.63. The summed E-state index contributed by atoms with van der Waals surface area (Å²) in [6.45, 7) is 1.95. The van der Waals surface area contributed by atoms with Crippen molar-refractivity contribution in [2.45, 2.75) is 11.9 Å². The van der Waals surface area contributed by atoms with Crippen LogP contribution in [0, 0.1) is 18.3 Å². The number of amides is 1. The third kappa shape index (κ3) is 2.86. The molecule has 1 amide bonds. The van der Waals surface area contributed by atoms with Crippen LogP contribution in [0.1, 0.15) is 15.9 Å². The molecular weight excluding hydrogens is 244 g/mol. The fourth-order valence-electron chi connectivity index (χ4n) is 0.936. The van der Waals surface area contributed by atoms with E-state index in [1.165, 1.54) is 0 Å². The fourth-order valence-corrected chi connectivity index (χ4v) is 1.14. The fraction of sp³-hybridized carbons (Fsp3) is 0.200. The maximum absolute atomic E-state index is 11.4. The molecule has 1 aromatic rings. The molecule has 14 heavy (non-hydrogen) atoms. The molecule has 0 saturated carbocycles. The van der Waals surface area contributed by atoms with Gasteiger partial charge in [-0.1, -0.05) is 17.7 Å². The van der Waals surface area contributed by atoms with E-state index in [1.807, 2.05) is 25.1 Å². The molecule has 1 rings (SSSR count). The number of hydrogen-bond donors (Lipinski definition) is 1. The number of carbonyl (C=O) groups is 1. The Morgan fingerprint density at radius 2 is 2.07 bits per heavy atom. The van der Waals surface area contributed by atoms with Crippen molar-refractivity contribution in [1.29, 1.82) is 5.26 Å². The van der Waals surface area contributed by atoms with Gasteiger partial charge in [0.1, 0.15) is 0 Å². The maximum atomic E-state index is 11.4. The summed E-state index contributed by atoms with van der Waals surface area (Å²) in [7, 11) is 0. The molecule has 3 nitrogen and oxygen atoms in total. The standard InChI is InChI=1S/C10H9BrN2O/c1-7-2-4-8(5-3-7)10(14)13-9(11)6-12/h2-5,9H,1H3,(H,13,14). The number of rotatable bonds is 2. The van der Waals surface area contributed by atoms with Crippen LogP contribution in [-0.2, 0) is 0 Å². The molecule has 1 N–H and O–H groups in total. The highest BCUT2D eigenvalue weighted by Crippen LogP contribution is 2.04.